The first-order valence-corrected chi connectivity index (χ1v) is 7.13. The van der Waals surface area contributed by atoms with Crippen molar-refractivity contribution in [1.82, 2.24) is 10.3 Å². The molecule has 3 rings (SSSR count). The van der Waals surface area contributed by atoms with Crippen LogP contribution in [0.4, 0.5) is 0 Å². The van der Waals surface area contributed by atoms with Gasteiger partial charge in [-0.1, -0.05) is 6.42 Å². The van der Waals surface area contributed by atoms with Crippen molar-refractivity contribution >= 4 is 10.9 Å². The molecule has 2 aromatic rings. The first kappa shape index (κ1) is 13.3. The maximum absolute atomic E-state index is 10.7. The molecule has 1 aromatic heterocycles. The maximum atomic E-state index is 10.7. The molecule has 1 aliphatic heterocycles. The van der Waals surface area contributed by atoms with Crippen LogP contribution in [0.1, 0.15) is 30.9 Å². The first-order valence-electron chi connectivity index (χ1n) is 7.13. The second-order valence-electron chi connectivity index (χ2n) is 5.28. The summed E-state index contributed by atoms with van der Waals surface area (Å²) in [6.07, 6.45) is 4.62. The average molecular weight is 272 g/mol. The number of piperidine rings is 1. The van der Waals surface area contributed by atoms with E-state index in [4.69, 9.17) is 4.74 Å². The minimum Gasteiger partial charge on any atom is -0.497 e. The third kappa shape index (κ3) is 2.49. The predicted octanol–water partition coefficient (Wildman–Crippen LogP) is 2.42. The van der Waals surface area contributed by atoms with Crippen LogP contribution >= 0.6 is 0 Å². The van der Waals surface area contributed by atoms with E-state index in [-0.39, 0.29) is 6.04 Å². The van der Waals surface area contributed by atoms with Crippen LogP contribution in [0.3, 0.4) is 0 Å². The molecule has 4 nitrogen and oxygen atoms in total. The van der Waals surface area contributed by atoms with Crippen LogP contribution in [0.2, 0.25) is 0 Å². The van der Waals surface area contributed by atoms with Gasteiger partial charge in [0, 0.05) is 17.6 Å². The summed E-state index contributed by atoms with van der Waals surface area (Å²) < 4.78 is 5.28. The molecule has 0 bridgehead atoms. The standard InChI is InChI=1S/C16H20N2O2/c1-20-11-5-6-14-13(10-11)12(7-9-18-14)16(19)15-4-2-3-8-17-15/h5-7,9-10,15-17,19H,2-4,8H2,1H3/t15?,16-/m0/s1. The number of fused-ring (bicyclic) bond motifs is 1. The number of hydrogen-bond acceptors (Lipinski definition) is 4. The van der Waals surface area contributed by atoms with Crippen molar-refractivity contribution in [3.8, 4) is 5.75 Å². The lowest BCUT2D eigenvalue weighted by molar-refractivity contribution is 0.115. The van der Waals surface area contributed by atoms with Crippen molar-refractivity contribution in [2.75, 3.05) is 13.7 Å². The number of ether oxygens (including phenoxy) is 1. The number of aliphatic hydroxyl groups excluding tert-OH is 1. The van der Waals surface area contributed by atoms with Gasteiger partial charge in [-0.25, -0.2) is 0 Å². The minimum atomic E-state index is -0.507. The SMILES string of the molecule is COc1ccc2nccc([C@H](O)C3CCCCN3)c2c1. The lowest BCUT2D eigenvalue weighted by Crippen LogP contribution is -2.38. The maximum Gasteiger partial charge on any atom is 0.119 e. The third-order valence-electron chi connectivity index (χ3n) is 4.03. The van der Waals surface area contributed by atoms with Crippen molar-refractivity contribution in [3.63, 3.8) is 0 Å². The van der Waals surface area contributed by atoms with Crippen LogP contribution in [0, 0.1) is 0 Å². The summed E-state index contributed by atoms with van der Waals surface area (Å²) in [4.78, 5) is 4.36. The van der Waals surface area contributed by atoms with Gasteiger partial charge in [-0.3, -0.25) is 4.98 Å². The molecule has 0 radical (unpaired) electrons. The van der Waals surface area contributed by atoms with Gasteiger partial charge in [-0.05, 0) is 49.2 Å². The highest BCUT2D eigenvalue weighted by Gasteiger charge is 2.24. The van der Waals surface area contributed by atoms with Gasteiger partial charge in [0.15, 0.2) is 0 Å². The first-order chi connectivity index (χ1) is 9.79. The summed E-state index contributed by atoms with van der Waals surface area (Å²) in [6.45, 7) is 0.980. The van der Waals surface area contributed by atoms with Crippen LogP contribution < -0.4 is 10.1 Å². The fourth-order valence-corrected chi connectivity index (χ4v) is 2.90. The van der Waals surface area contributed by atoms with Crippen LogP contribution in [-0.4, -0.2) is 29.8 Å². The molecule has 2 atom stereocenters. The van der Waals surface area contributed by atoms with Gasteiger partial charge in [0.05, 0.1) is 18.7 Å². The van der Waals surface area contributed by atoms with E-state index in [9.17, 15) is 5.11 Å². The lowest BCUT2D eigenvalue weighted by Gasteiger charge is -2.28. The highest BCUT2D eigenvalue weighted by atomic mass is 16.5. The second-order valence-corrected chi connectivity index (χ2v) is 5.28. The molecule has 106 valence electrons. The van der Waals surface area contributed by atoms with Crippen molar-refractivity contribution in [2.24, 2.45) is 0 Å². The third-order valence-corrected chi connectivity index (χ3v) is 4.03. The van der Waals surface area contributed by atoms with Crippen molar-refractivity contribution < 1.29 is 9.84 Å². The van der Waals surface area contributed by atoms with Crippen molar-refractivity contribution in [1.29, 1.82) is 0 Å². The Kier molecular flexibility index (Phi) is 3.85. The predicted molar refractivity (Wildman–Crippen MR) is 78.9 cm³/mol. The second kappa shape index (κ2) is 5.77. The number of pyridine rings is 1. The molecule has 0 saturated carbocycles. The Morgan fingerprint density at radius 2 is 2.25 bits per heavy atom. The molecule has 0 aliphatic carbocycles. The topological polar surface area (TPSA) is 54.4 Å². The molecule has 0 amide bonds. The van der Waals surface area contributed by atoms with E-state index in [1.54, 1.807) is 13.3 Å². The summed E-state index contributed by atoms with van der Waals surface area (Å²) in [6, 6.07) is 7.80. The molecule has 1 unspecified atom stereocenters. The zero-order valence-corrected chi connectivity index (χ0v) is 11.7. The number of nitrogens with one attached hydrogen (secondary N) is 1. The van der Waals surface area contributed by atoms with E-state index in [0.717, 1.165) is 35.2 Å². The van der Waals surface area contributed by atoms with Gasteiger partial charge < -0.3 is 15.2 Å². The van der Waals surface area contributed by atoms with E-state index >= 15 is 0 Å². The number of rotatable bonds is 3. The van der Waals surface area contributed by atoms with Gasteiger partial charge in [-0.15, -0.1) is 0 Å². The normalized spacial score (nSPS) is 20.8. The van der Waals surface area contributed by atoms with E-state index in [1.165, 1.54) is 12.8 Å². The smallest absolute Gasteiger partial charge is 0.119 e. The van der Waals surface area contributed by atoms with Crippen LogP contribution in [0.25, 0.3) is 10.9 Å². The van der Waals surface area contributed by atoms with Crippen LogP contribution in [0.15, 0.2) is 30.5 Å². The number of methoxy groups -OCH3 is 1. The lowest BCUT2D eigenvalue weighted by atomic mass is 9.93. The molecule has 1 aliphatic rings. The van der Waals surface area contributed by atoms with Crippen LogP contribution in [0.5, 0.6) is 5.75 Å². The number of benzene rings is 1. The molecule has 2 heterocycles. The Labute approximate surface area is 118 Å². The Balaban J connectivity index is 2.00. The molecule has 1 saturated heterocycles. The average Bonchev–Trinajstić information content (AvgIpc) is 2.54. The molecule has 0 spiro atoms. The highest BCUT2D eigenvalue weighted by Crippen LogP contribution is 2.30. The molecular weight excluding hydrogens is 252 g/mol. The van der Waals surface area contributed by atoms with E-state index in [2.05, 4.69) is 10.3 Å². The Hall–Kier alpha value is -1.65. The zero-order valence-electron chi connectivity index (χ0n) is 11.7. The molecule has 4 heteroatoms. The summed E-state index contributed by atoms with van der Waals surface area (Å²) in [5.41, 5.74) is 1.81. The largest absolute Gasteiger partial charge is 0.497 e. The number of hydrogen-bond donors (Lipinski definition) is 2. The molecular formula is C16H20N2O2. The summed E-state index contributed by atoms with van der Waals surface area (Å²) in [7, 11) is 1.65. The monoisotopic (exact) mass is 272 g/mol. The molecule has 20 heavy (non-hydrogen) atoms. The number of aromatic nitrogens is 1. The molecule has 2 N–H and O–H groups in total. The number of nitrogens with zero attached hydrogens (tertiary/aromatic N) is 1. The minimum absolute atomic E-state index is 0.126. The fourth-order valence-electron chi connectivity index (χ4n) is 2.90. The summed E-state index contributed by atoms with van der Waals surface area (Å²) >= 11 is 0. The zero-order chi connectivity index (χ0) is 13.9. The van der Waals surface area contributed by atoms with Crippen molar-refractivity contribution in [2.45, 2.75) is 31.4 Å². The Bertz CT molecular complexity index is 594. The Morgan fingerprint density at radius 1 is 1.35 bits per heavy atom. The van der Waals surface area contributed by atoms with E-state index in [0.29, 0.717) is 0 Å². The quantitative estimate of drug-likeness (QED) is 0.901. The summed E-state index contributed by atoms with van der Waals surface area (Å²) in [5, 5.41) is 15.0. The number of aliphatic hydroxyl groups is 1. The van der Waals surface area contributed by atoms with Gasteiger partial charge in [0.2, 0.25) is 0 Å². The van der Waals surface area contributed by atoms with Gasteiger partial charge >= 0.3 is 0 Å². The summed E-state index contributed by atoms with van der Waals surface area (Å²) in [5.74, 6) is 0.788. The van der Waals surface area contributed by atoms with E-state index < -0.39 is 6.10 Å². The van der Waals surface area contributed by atoms with Crippen LogP contribution in [-0.2, 0) is 0 Å². The Morgan fingerprint density at radius 3 is 3.00 bits per heavy atom. The van der Waals surface area contributed by atoms with Gasteiger partial charge in [0.1, 0.15) is 5.75 Å². The fraction of sp³-hybridized carbons (Fsp3) is 0.438. The van der Waals surface area contributed by atoms with Crippen molar-refractivity contribution in [3.05, 3.63) is 36.0 Å². The molecule has 1 aromatic carbocycles. The van der Waals surface area contributed by atoms with E-state index in [1.807, 2.05) is 24.3 Å². The highest BCUT2D eigenvalue weighted by molar-refractivity contribution is 5.83. The molecule has 1 fully saturated rings. The van der Waals surface area contributed by atoms with Gasteiger partial charge in [-0.2, -0.15) is 0 Å². The van der Waals surface area contributed by atoms with Gasteiger partial charge in [0.25, 0.3) is 0 Å².